The molecule has 3 aromatic rings. The zero-order chi connectivity index (χ0) is 21.2. The van der Waals surface area contributed by atoms with Crippen LogP contribution in [0.3, 0.4) is 0 Å². The molecule has 1 saturated heterocycles. The first kappa shape index (κ1) is 19.7. The molecular formula is C23H25N5O3. The van der Waals surface area contributed by atoms with Gasteiger partial charge in [0, 0.05) is 23.7 Å². The fraction of sp³-hybridized carbons (Fsp3) is 0.391. The highest BCUT2D eigenvalue weighted by atomic mass is 16.5. The quantitative estimate of drug-likeness (QED) is 0.657. The summed E-state index contributed by atoms with van der Waals surface area (Å²) in [4.78, 5) is 21.8. The minimum atomic E-state index is -0.236. The van der Waals surface area contributed by atoms with Crippen LogP contribution in [0, 0.1) is 0 Å². The van der Waals surface area contributed by atoms with Gasteiger partial charge in [0.25, 0.3) is 5.56 Å². The highest BCUT2D eigenvalue weighted by Crippen LogP contribution is 2.34. The summed E-state index contributed by atoms with van der Waals surface area (Å²) in [6.45, 7) is 0.887. The Hall–Kier alpha value is -3.26. The molecule has 1 aliphatic carbocycles. The van der Waals surface area contributed by atoms with Crippen LogP contribution in [0.4, 0.5) is 5.82 Å². The average Bonchev–Trinajstić information content (AvgIpc) is 3.21. The maximum atomic E-state index is 12.7. The Morgan fingerprint density at radius 3 is 2.87 bits per heavy atom. The van der Waals surface area contributed by atoms with E-state index in [1.807, 2.05) is 30.3 Å². The summed E-state index contributed by atoms with van der Waals surface area (Å²) in [5.74, 6) is 2.85. The van der Waals surface area contributed by atoms with Crippen LogP contribution in [0.25, 0.3) is 11.3 Å². The van der Waals surface area contributed by atoms with Gasteiger partial charge in [-0.05, 0) is 37.1 Å². The summed E-state index contributed by atoms with van der Waals surface area (Å²) in [5.41, 5.74) is 1.43. The molecule has 0 amide bonds. The van der Waals surface area contributed by atoms with Crippen molar-refractivity contribution in [3.63, 3.8) is 0 Å². The number of aromatic nitrogens is 4. The first-order valence-electron chi connectivity index (χ1n) is 10.6. The van der Waals surface area contributed by atoms with Crippen LogP contribution < -0.4 is 15.6 Å². The number of hydrogen-bond donors (Lipinski definition) is 1. The van der Waals surface area contributed by atoms with E-state index in [-0.39, 0.29) is 17.6 Å². The molecule has 160 valence electrons. The highest BCUT2D eigenvalue weighted by molar-refractivity contribution is 5.60. The van der Waals surface area contributed by atoms with E-state index in [0.29, 0.717) is 24.8 Å². The monoisotopic (exact) mass is 419 g/mol. The van der Waals surface area contributed by atoms with Gasteiger partial charge in [0.15, 0.2) is 0 Å². The maximum absolute atomic E-state index is 12.7. The lowest BCUT2D eigenvalue weighted by atomic mass is 9.85. The van der Waals surface area contributed by atoms with E-state index in [0.717, 1.165) is 35.8 Å². The van der Waals surface area contributed by atoms with Crippen LogP contribution >= 0.6 is 0 Å². The molecular weight excluding hydrogens is 394 g/mol. The lowest BCUT2D eigenvalue weighted by Crippen LogP contribution is -2.37. The smallest absolute Gasteiger partial charge is 0.267 e. The molecule has 2 unspecified atom stereocenters. The molecule has 3 heterocycles. The number of hydrogen-bond acceptors (Lipinski definition) is 7. The number of methoxy groups -OCH3 is 1. The van der Waals surface area contributed by atoms with Crippen LogP contribution in [-0.4, -0.2) is 46.1 Å². The van der Waals surface area contributed by atoms with Crippen LogP contribution in [-0.2, 0) is 4.74 Å². The van der Waals surface area contributed by atoms with E-state index in [4.69, 9.17) is 14.5 Å². The van der Waals surface area contributed by atoms with Gasteiger partial charge in [-0.3, -0.25) is 4.79 Å². The van der Waals surface area contributed by atoms with E-state index in [1.54, 1.807) is 25.4 Å². The van der Waals surface area contributed by atoms with Crippen molar-refractivity contribution in [2.24, 2.45) is 0 Å². The third kappa shape index (κ3) is 4.03. The summed E-state index contributed by atoms with van der Waals surface area (Å²) in [6.07, 6.45) is 5.33. The predicted octanol–water partition coefficient (Wildman–Crippen LogP) is 3.03. The Balaban J connectivity index is 1.40. The van der Waals surface area contributed by atoms with Crippen LogP contribution in [0.2, 0.25) is 0 Å². The molecule has 0 spiro atoms. The van der Waals surface area contributed by atoms with E-state index < -0.39 is 0 Å². The summed E-state index contributed by atoms with van der Waals surface area (Å²) in [6, 6.07) is 12.4. The molecule has 5 rings (SSSR count). The molecule has 0 radical (unpaired) electrons. The number of nitrogens with one attached hydrogen (secondary N) is 1. The topological polar surface area (TPSA) is 91.2 Å². The summed E-state index contributed by atoms with van der Waals surface area (Å²) >= 11 is 0. The second kappa shape index (κ2) is 8.47. The number of anilines is 1. The Labute approximate surface area is 180 Å². The Morgan fingerprint density at radius 1 is 1.16 bits per heavy atom. The number of rotatable bonds is 6. The van der Waals surface area contributed by atoms with Crippen molar-refractivity contribution in [3.8, 4) is 17.0 Å². The third-order valence-electron chi connectivity index (χ3n) is 6.03. The average molecular weight is 419 g/mol. The molecule has 1 N–H and O–H groups in total. The first-order chi connectivity index (χ1) is 15.2. The molecule has 1 aliphatic heterocycles. The van der Waals surface area contributed by atoms with Crippen LogP contribution in [0.1, 0.15) is 37.0 Å². The molecule has 2 fully saturated rings. The van der Waals surface area contributed by atoms with Crippen molar-refractivity contribution in [3.05, 3.63) is 64.8 Å². The largest absolute Gasteiger partial charge is 0.497 e. The van der Waals surface area contributed by atoms with Crippen molar-refractivity contribution in [1.29, 1.82) is 0 Å². The van der Waals surface area contributed by atoms with E-state index in [1.165, 1.54) is 11.1 Å². The van der Waals surface area contributed by atoms with Gasteiger partial charge in [-0.2, -0.15) is 5.10 Å². The lowest BCUT2D eigenvalue weighted by molar-refractivity contribution is 0.183. The zero-order valence-electron chi connectivity index (χ0n) is 17.4. The summed E-state index contributed by atoms with van der Waals surface area (Å²) < 4.78 is 12.6. The fourth-order valence-electron chi connectivity index (χ4n) is 4.03. The molecule has 2 aliphatic rings. The molecule has 1 aromatic carbocycles. The fourth-order valence-corrected chi connectivity index (χ4v) is 4.03. The second-order valence-electron chi connectivity index (χ2n) is 8.02. The SMILES string of the molecule is COc1cccc(-c2ccc(=O)n(C3COCC3Nc3ccnc(C4CCC4)n3)n2)c1. The molecule has 2 aromatic heterocycles. The number of benzene rings is 1. The standard InChI is InChI=1S/C23H25N5O3/c1-30-17-7-3-6-16(12-17)18-8-9-22(29)28(27-18)20-14-31-13-19(20)25-21-10-11-24-23(26-21)15-4-2-5-15/h3,6-12,15,19-20H,2,4-5,13-14H2,1H3,(H,24,25,26). The predicted molar refractivity (Wildman–Crippen MR) is 116 cm³/mol. The summed E-state index contributed by atoms with van der Waals surface area (Å²) in [7, 11) is 1.63. The lowest BCUT2D eigenvalue weighted by Gasteiger charge is -2.25. The van der Waals surface area contributed by atoms with Gasteiger partial charge in [0.2, 0.25) is 0 Å². The van der Waals surface area contributed by atoms with Gasteiger partial charge in [-0.1, -0.05) is 18.6 Å². The van der Waals surface area contributed by atoms with Gasteiger partial charge in [0.1, 0.15) is 23.4 Å². The minimum absolute atomic E-state index is 0.116. The zero-order valence-corrected chi connectivity index (χ0v) is 17.4. The Morgan fingerprint density at radius 2 is 2.06 bits per heavy atom. The van der Waals surface area contributed by atoms with Gasteiger partial charge < -0.3 is 14.8 Å². The Bertz CT molecular complexity index is 1130. The van der Waals surface area contributed by atoms with Gasteiger partial charge in [-0.15, -0.1) is 0 Å². The van der Waals surface area contributed by atoms with Gasteiger partial charge in [0.05, 0.1) is 32.1 Å². The molecule has 8 nitrogen and oxygen atoms in total. The molecule has 31 heavy (non-hydrogen) atoms. The van der Waals surface area contributed by atoms with Crippen LogP contribution in [0.15, 0.2) is 53.5 Å². The van der Waals surface area contributed by atoms with E-state index in [9.17, 15) is 4.79 Å². The van der Waals surface area contributed by atoms with Gasteiger partial charge in [-0.25, -0.2) is 14.6 Å². The number of ether oxygens (including phenoxy) is 2. The maximum Gasteiger partial charge on any atom is 0.267 e. The molecule has 2 atom stereocenters. The first-order valence-corrected chi connectivity index (χ1v) is 10.6. The van der Waals surface area contributed by atoms with E-state index in [2.05, 4.69) is 15.4 Å². The Kier molecular flexibility index (Phi) is 5.38. The molecule has 1 saturated carbocycles. The van der Waals surface area contributed by atoms with Crippen molar-refractivity contribution in [2.45, 2.75) is 37.3 Å². The van der Waals surface area contributed by atoms with E-state index >= 15 is 0 Å². The highest BCUT2D eigenvalue weighted by Gasteiger charge is 2.32. The number of nitrogens with zero attached hydrogens (tertiary/aromatic N) is 4. The molecule has 0 bridgehead atoms. The van der Waals surface area contributed by atoms with Crippen molar-refractivity contribution in [1.82, 2.24) is 19.7 Å². The normalized spacial score (nSPS) is 20.9. The molecule has 8 heteroatoms. The van der Waals surface area contributed by atoms with Crippen molar-refractivity contribution in [2.75, 3.05) is 25.6 Å². The van der Waals surface area contributed by atoms with Crippen molar-refractivity contribution < 1.29 is 9.47 Å². The van der Waals surface area contributed by atoms with Crippen molar-refractivity contribution >= 4 is 5.82 Å². The third-order valence-corrected chi connectivity index (χ3v) is 6.03. The minimum Gasteiger partial charge on any atom is -0.497 e. The van der Waals surface area contributed by atoms with Crippen LogP contribution in [0.5, 0.6) is 5.75 Å². The second-order valence-corrected chi connectivity index (χ2v) is 8.02. The summed E-state index contributed by atoms with van der Waals surface area (Å²) in [5, 5.41) is 8.10. The van der Waals surface area contributed by atoms with Gasteiger partial charge >= 0.3 is 0 Å².